The van der Waals surface area contributed by atoms with E-state index in [-0.39, 0.29) is 0 Å². The molecule has 0 spiro atoms. The average molecular weight is 225 g/mol. The maximum Gasteiger partial charge on any atom is 0.343 e. The molecule has 78 valence electrons. The Labute approximate surface area is 92.4 Å². The summed E-state index contributed by atoms with van der Waals surface area (Å²) in [5.41, 5.74) is 0.524. The molecule has 0 aliphatic carbocycles. The molecule has 4 nitrogen and oxygen atoms in total. The quantitative estimate of drug-likeness (QED) is 0.796. The summed E-state index contributed by atoms with van der Waals surface area (Å²) >= 11 is 5.85. The third kappa shape index (κ3) is 2.86. The lowest BCUT2D eigenvalue weighted by Crippen LogP contribution is -2.28. The van der Waals surface area contributed by atoms with Gasteiger partial charge >= 0.3 is 5.97 Å². The fourth-order valence-corrected chi connectivity index (χ4v) is 1.19. The van der Waals surface area contributed by atoms with Crippen molar-refractivity contribution in [1.82, 2.24) is 0 Å². The number of nitrogens with one attached hydrogen (secondary N) is 1. The minimum Gasteiger partial charge on any atom is -0.467 e. The average Bonchev–Trinajstić information content (AvgIpc) is 2.27. The van der Waals surface area contributed by atoms with E-state index in [2.05, 4.69) is 10.1 Å². The predicted molar refractivity (Wildman–Crippen MR) is 56.5 cm³/mol. The molecule has 0 saturated heterocycles. The lowest BCUT2D eigenvalue weighted by molar-refractivity contribution is -0.140. The Balaban J connectivity index is 2.81. The van der Waals surface area contributed by atoms with Crippen molar-refractivity contribution in [2.45, 2.75) is 6.04 Å². The highest BCUT2D eigenvalue weighted by atomic mass is 35.5. The number of para-hydroxylation sites is 1. The number of rotatable bonds is 3. The second-order valence-electron chi connectivity index (χ2n) is 2.71. The van der Waals surface area contributed by atoms with Crippen LogP contribution in [0, 0.1) is 11.3 Å². The van der Waals surface area contributed by atoms with Gasteiger partial charge in [0.15, 0.2) is 0 Å². The zero-order valence-corrected chi connectivity index (χ0v) is 8.78. The van der Waals surface area contributed by atoms with Crippen molar-refractivity contribution in [3.63, 3.8) is 0 Å². The molecule has 1 rings (SSSR count). The van der Waals surface area contributed by atoms with E-state index >= 15 is 0 Å². The summed E-state index contributed by atoms with van der Waals surface area (Å²) in [4.78, 5) is 11.1. The standard InChI is InChI=1S/C10H9ClN2O2/c1-15-10(14)9(6-12)13-8-5-3-2-4-7(8)11/h2-5,9,13H,1H3. The summed E-state index contributed by atoms with van der Waals surface area (Å²) in [6.45, 7) is 0. The van der Waals surface area contributed by atoms with Gasteiger partial charge in [0, 0.05) is 0 Å². The number of anilines is 1. The van der Waals surface area contributed by atoms with E-state index in [4.69, 9.17) is 16.9 Å². The van der Waals surface area contributed by atoms with Crippen LogP contribution >= 0.6 is 11.6 Å². The molecule has 0 aliphatic heterocycles. The molecule has 0 amide bonds. The normalized spacial score (nSPS) is 11.3. The number of esters is 1. The Morgan fingerprint density at radius 1 is 1.60 bits per heavy atom. The van der Waals surface area contributed by atoms with Crippen LogP contribution in [0.25, 0.3) is 0 Å². The summed E-state index contributed by atoms with van der Waals surface area (Å²) in [6.07, 6.45) is 0. The van der Waals surface area contributed by atoms with Crippen molar-refractivity contribution in [3.05, 3.63) is 29.3 Å². The van der Waals surface area contributed by atoms with Crippen molar-refractivity contribution >= 4 is 23.3 Å². The smallest absolute Gasteiger partial charge is 0.343 e. The third-order valence-electron chi connectivity index (χ3n) is 1.74. The third-order valence-corrected chi connectivity index (χ3v) is 2.07. The number of benzene rings is 1. The van der Waals surface area contributed by atoms with Crippen LogP contribution in [0.2, 0.25) is 5.02 Å². The van der Waals surface area contributed by atoms with Gasteiger partial charge in [0.05, 0.1) is 23.9 Å². The Morgan fingerprint density at radius 3 is 2.80 bits per heavy atom. The number of hydrogen-bond acceptors (Lipinski definition) is 4. The molecular weight excluding hydrogens is 216 g/mol. The molecule has 0 bridgehead atoms. The fourth-order valence-electron chi connectivity index (χ4n) is 0.996. The first-order valence-electron chi connectivity index (χ1n) is 4.17. The molecule has 1 aromatic rings. The molecule has 0 fully saturated rings. The zero-order valence-electron chi connectivity index (χ0n) is 8.03. The van der Waals surface area contributed by atoms with E-state index in [0.717, 1.165) is 0 Å². The van der Waals surface area contributed by atoms with Crippen molar-refractivity contribution < 1.29 is 9.53 Å². The molecule has 1 atom stereocenters. The van der Waals surface area contributed by atoms with Gasteiger partial charge in [-0.2, -0.15) is 5.26 Å². The SMILES string of the molecule is COC(=O)C(C#N)Nc1ccccc1Cl. The highest BCUT2D eigenvalue weighted by Gasteiger charge is 2.18. The number of halogens is 1. The molecule has 5 heteroatoms. The van der Waals surface area contributed by atoms with Crippen LogP contribution in [0.15, 0.2) is 24.3 Å². The number of carbonyl (C=O) groups excluding carboxylic acids is 1. The minimum atomic E-state index is -1.05. The van der Waals surface area contributed by atoms with E-state index in [0.29, 0.717) is 10.7 Å². The lowest BCUT2D eigenvalue weighted by atomic mass is 10.2. The van der Waals surface area contributed by atoms with Crippen molar-refractivity contribution in [2.24, 2.45) is 0 Å². The van der Waals surface area contributed by atoms with E-state index < -0.39 is 12.0 Å². The predicted octanol–water partition coefficient (Wildman–Crippen LogP) is 1.82. The van der Waals surface area contributed by atoms with Crippen molar-refractivity contribution in [1.29, 1.82) is 5.26 Å². The van der Waals surface area contributed by atoms with Crippen LogP contribution < -0.4 is 5.32 Å². The number of methoxy groups -OCH3 is 1. The molecule has 0 saturated carbocycles. The molecule has 0 aliphatic rings. The van der Waals surface area contributed by atoms with Gasteiger partial charge in [-0.3, -0.25) is 0 Å². The van der Waals surface area contributed by atoms with E-state index in [9.17, 15) is 4.79 Å². The van der Waals surface area contributed by atoms with Crippen molar-refractivity contribution in [3.8, 4) is 6.07 Å². The largest absolute Gasteiger partial charge is 0.467 e. The monoisotopic (exact) mass is 224 g/mol. The number of nitrogens with zero attached hydrogens (tertiary/aromatic N) is 1. The van der Waals surface area contributed by atoms with E-state index in [1.165, 1.54) is 7.11 Å². The second-order valence-corrected chi connectivity index (χ2v) is 3.12. The first kappa shape index (κ1) is 11.3. The summed E-state index contributed by atoms with van der Waals surface area (Å²) < 4.78 is 4.45. The topological polar surface area (TPSA) is 62.1 Å². The van der Waals surface area contributed by atoms with Gasteiger partial charge < -0.3 is 10.1 Å². The molecular formula is C10H9ClN2O2. The summed E-state index contributed by atoms with van der Waals surface area (Å²) in [7, 11) is 1.22. The van der Waals surface area contributed by atoms with Gasteiger partial charge in [-0.05, 0) is 12.1 Å². The lowest BCUT2D eigenvalue weighted by Gasteiger charge is -2.11. The van der Waals surface area contributed by atoms with Gasteiger partial charge in [0.1, 0.15) is 0 Å². The number of ether oxygens (including phenoxy) is 1. The highest BCUT2D eigenvalue weighted by Crippen LogP contribution is 2.21. The zero-order chi connectivity index (χ0) is 11.3. The van der Waals surface area contributed by atoms with Crippen LogP contribution in [0.3, 0.4) is 0 Å². The van der Waals surface area contributed by atoms with Crippen LogP contribution in [-0.2, 0) is 9.53 Å². The Bertz CT molecular complexity index is 401. The first-order valence-corrected chi connectivity index (χ1v) is 4.55. The Morgan fingerprint density at radius 2 is 2.27 bits per heavy atom. The number of hydrogen-bond donors (Lipinski definition) is 1. The minimum absolute atomic E-state index is 0.446. The molecule has 0 heterocycles. The Kier molecular flexibility index (Phi) is 3.95. The van der Waals surface area contributed by atoms with Gasteiger partial charge in [0.25, 0.3) is 0 Å². The molecule has 1 N–H and O–H groups in total. The number of nitriles is 1. The van der Waals surface area contributed by atoms with Crippen LogP contribution in [0.1, 0.15) is 0 Å². The van der Waals surface area contributed by atoms with Gasteiger partial charge in [-0.1, -0.05) is 23.7 Å². The van der Waals surface area contributed by atoms with E-state index in [1.54, 1.807) is 30.3 Å². The Hall–Kier alpha value is -1.73. The fraction of sp³-hybridized carbons (Fsp3) is 0.200. The number of carbonyl (C=O) groups is 1. The maximum absolute atomic E-state index is 11.1. The van der Waals surface area contributed by atoms with Crippen molar-refractivity contribution in [2.75, 3.05) is 12.4 Å². The first-order chi connectivity index (χ1) is 7.19. The molecule has 1 unspecified atom stereocenters. The molecule has 1 aromatic carbocycles. The summed E-state index contributed by atoms with van der Waals surface area (Å²) in [6, 6.07) is 7.58. The van der Waals surface area contributed by atoms with E-state index in [1.807, 2.05) is 0 Å². The summed E-state index contributed by atoms with van der Waals surface area (Å²) in [5, 5.41) is 11.8. The second kappa shape index (κ2) is 5.23. The molecule has 0 aromatic heterocycles. The van der Waals surface area contributed by atoms with Gasteiger partial charge in [0.2, 0.25) is 6.04 Å². The van der Waals surface area contributed by atoms with Gasteiger partial charge in [-0.15, -0.1) is 0 Å². The maximum atomic E-state index is 11.1. The molecule has 0 radical (unpaired) electrons. The molecule has 15 heavy (non-hydrogen) atoms. The van der Waals surface area contributed by atoms with Gasteiger partial charge in [-0.25, -0.2) is 4.79 Å². The van der Waals surface area contributed by atoms with Crippen LogP contribution in [0.5, 0.6) is 0 Å². The summed E-state index contributed by atoms with van der Waals surface area (Å²) in [5.74, 6) is -0.641. The van der Waals surface area contributed by atoms with Crippen LogP contribution in [-0.4, -0.2) is 19.1 Å². The highest BCUT2D eigenvalue weighted by molar-refractivity contribution is 6.33. The van der Waals surface area contributed by atoms with Crippen LogP contribution in [0.4, 0.5) is 5.69 Å².